The quantitative estimate of drug-likeness (QED) is 0.857. The molecule has 5 nitrogen and oxygen atoms in total. The maximum Gasteiger partial charge on any atom is 0.221 e. The van der Waals surface area contributed by atoms with Crippen molar-refractivity contribution in [3.63, 3.8) is 0 Å². The Morgan fingerprint density at radius 3 is 3.00 bits per heavy atom. The Hall–Kier alpha value is -1.59. The van der Waals surface area contributed by atoms with E-state index in [1.165, 1.54) is 0 Å². The van der Waals surface area contributed by atoms with Crippen LogP contribution in [0.4, 0.5) is 0 Å². The highest BCUT2D eigenvalue weighted by atomic mass is 35.5. The molecule has 0 radical (unpaired) electrons. The topological polar surface area (TPSA) is 67.2 Å². The van der Waals surface area contributed by atoms with Crippen molar-refractivity contribution in [1.82, 2.24) is 15.1 Å². The van der Waals surface area contributed by atoms with Crippen LogP contribution >= 0.6 is 11.6 Å². The molecule has 0 spiro atoms. The van der Waals surface area contributed by atoms with Gasteiger partial charge >= 0.3 is 0 Å². The van der Waals surface area contributed by atoms with Crippen molar-refractivity contribution in [3.8, 4) is 0 Å². The molecule has 1 saturated carbocycles. The summed E-state index contributed by atoms with van der Waals surface area (Å²) in [5.41, 5.74) is 0.881. The molecule has 21 heavy (non-hydrogen) atoms. The number of hydrogen-bond acceptors (Lipinski definition) is 3. The van der Waals surface area contributed by atoms with Crippen LogP contribution in [0.2, 0.25) is 5.02 Å². The van der Waals surface area contributed by atoms with E-state index < -0.39 is 0 Å². The van der Waals surface area contributed by atoms with Gasteiger partial charge < -0.3 is 10.4 Å². The number of carbonyl (C=O) groups is 1. The fourth-order valence-corrected chi connectivity index (χ4v) is 2.54. The molecule has 1 aromatic carbocycles. The van der Waals surface area contributed by atoms with Gasteiger partial charge in [0.1, 0.15) is 0 Å². The Bertz CT molecular complexity index is 664. The van der Waals surface area contributed by atoms with Gasteiger partial charge in [0.15, 0.2) is 0 Å². The number of aliphatic hydroxyl groups is 1. The molecule has 2 N–H and O–H groups in total. The minimum absolute atomic E-state index is 0.0135. The number of nitrogens with zero attached hydrogens (tertiary/aromatic N) is 2. The Balaban J connectivity index is 1.56. The van der Waals surface area contributed by atoms with Gasteiger partial charge in [0.25, 0.3) is 0 Å². The summed E-state index contributed by atoms with van der Waals surface area (Å²) in [4.78, 5) is 11.9. The van der Waals surface area contributed by atoms with Crippen LogP contribution < -0.4 is 5.32 Å². The normalized spacial score (nSPS) is 16.1. The average molecular weight is 308 g/mol. The van der Waals surface area contributed by atoms with Gasteiger partial charge in [-0.2, -0.15) is 5.10 Å². The molecule has 1 amide bonds. The zero-order valence-electron chi connectivity index (χ0n) is 11.7. The zero-order valence-corrected chi connectivity index (χ0v) is 12.4. The Labute approximate surface area is 127 Å². The van der Waals surface area contributed by atoms with E-state index in [2.05, 4.69) is 10.4 Å². The molecule has 0 bridgehead atoms. The number of aryl methyl sites for hydroxylation is 1. The van der Waals surface area contributed by atoms with Gasteiger partial charge in [0.05, 0.1) is 24.9 Å². The lowest BCUT2D eigenvalue weighted by Crippen LogP contribution is -2.32. The van der Waals surface area contributed by atoms with E-state index in [0.29, 0.717) is 24.5 Å². The van der Waals surface area contributed by atoms with Gasteiger partial charge in [0.2, 0.25) is 5.91 Å². The van der Waals surface area contributed by atoms with Gasteiger partial charge in [-0.05, 0) is 31.0 Å². The van der Waals surface area contributed by atoms with Gasteiger partial charge in [-0.3, -0.25) is 9.48 Å². The maximum absolute atomic E-state index is 11.9. The minimum atomic E-state index is -0.0540. The number of nitrogens with one attached hydrogen (secondary N) is 1. The van der Waals surface area contributed by atoms with Crippen molar-refractivity contribution >= 4 is 28.4 Å². The number of hydrogen-bond donors (Lipinski definition) is 2. The average Bonchev–Trinajstić information content (AvgIpc) is 3.17. The molecular weight excluding hydrogens is 290 g/mol. The summed E-state index contributed by atoms with van der Waals surface area (Å²) in [5.74, 6) is -0.0135. The summed E-state index contributed by atoms with van der Waals surface area (Å²) < 4.78 is 1.79. The molecule has 2 aromatic rings. The van der Waals surface area contributed by atoms with Crippen molar-refractivity contribution in [3.05, 3.63) is 29.4 Å². The van der Waals surface area contributed by atoms with Crippen LogP contribution in [0.3, 0.4) is 0 Å². The second kappa shape index (κ2) is 5.66. The number of amides is 1. The van der Waals surface area contributed by atoms with Crippen LogP contribution in [-0.4, -0.2) is 33.9 Å². The third-order valence-electron chi connectivity index (χ3n) is 4.11. The second-order valence-electron chi connectivity index (χ2n) is 5.76. The van der Waals surface area contributed by atoms with E-state index in [4.69, 9.17) is 11.6 Å². The number of fused-ring (bicyclic) bond motifs is 1. The molecule has 6 heteroatoms. The molecule has 112 valence electrons. The van der Waals surface area contributed by atoms with E-state index >= 15 is 0 Å². The number of benzene rings is 1. The first-order chi connectivity index (χ1) is 10.1. The third kappa shape index (κ3) is 3.19. The van der Waals surface area contributed by atoms with Crippen LogP contribution in [0, 0.1) is 5.41 Å². The highest BCUT2D eigenvalue weighted by Gasteiger charge is 2.41. The second-order valence-corrected chi connectivity index (χ2v) is 6.19. The molecule has 1 fully saturated rings. The minimum Gasteiger partial charge on any atom is -0.396 e. The van der Waals surface area contributed by atoms with Crippen molar-refractivity contribution in [1.29, 1.82) is 0 Å². The first-order valence-electron chi connectivity index (χ1n) is 7.11. The fourth-order valence-electron chi connectivity index (χ4n) is 2.37. The molecule has 1 aromatic heterocycles. The van der Waals surface area contributed by atoms with Crippen LogP contribution in [-0.2, 0) is 11.3 Å². The third-order valence-corrected chi connectivity index (χ3v) is 4.35. The molecule has 0 atom stereocenters. The molecule has 0 aliphatic heterocycles. The summed E-state index contributed by atoms with van der Waals surface area (Å²) in [6.07, 6.45) is 4.12. The molecule has 3 rings (SSSR count). The van der Waals surface area contributed by atoms with Crippen molar-refractivity contribution in [2.75, 3.05) is 13.2 Å². The van der Waals surface area contributed by atoms with Gasteiger partial charge in [-0.25, -0.2) is 0 Å². The number of aliphatic hydroxyl groups excluding tert-OH is 1. The number of carbonyl (C=O) groups excluding carboxylic acids is 1. The standard InChI is InChI=1S/C15H18ClN3O2/c16-12-2-1-11-8-18-19(13(11)7-12)6-3-14(21)17-9-15(10-20)4-5-15/h1-2,7-8,20H,3-6,9-10H2,(H,17,21). The predicted molar refractivity (Wildman–Crippen MR) is 81.1 cm³/mol. The summed E-state index contributed by atoms with van der Waals surface area (Å²) in [6.45, 7) is 1.23. The van der Waals surface area contributed by atoms with Gasteiger partial charge in [0, 0.05) is 28.8 Å². The van der Waals surface area contributed by atoms with Crippen molar-refractivity contribution in [2.45, 2.75) is 25.8 Å². The van der Waals surface area contributed by atoms with Gasteiger partial charge in [-0.15, -0.1) is 0 Å². The summed E-state index contributed by atoms with van der Waals surface area (Å²) >= 11 is 5.99. The Morgan fingerprint density at radius 1 is 1.48 bits per heavy atom. The number of halogens is 1. The SMILES string of the molecule is O=C(CCn1ncc2ccc(Cl)cc21)NCC1(CO)CC1. The van der Waals surface area contributed by atoms with E-state index in [1.54, 1.807) is 10.9 Å². The van der Waals surface area contributed by atoms with Crippen LogP contribution in [0.1, 0.15) is 19.3 Å². The lowest BCUT2D eigenvalue weighted by atomic mass is 10.1. The van der Waals surface area contributed by atoms with Crippen LogP contribution in [0.5, 0.6) is 0 Å². The lowest BCUT2D eigenvalue weighted by molar-refractivity contribution is -0.121. The lowest BCUT2D eigenvalue weighted by Gasteiger charge is -2.12. The predicted octanol–water partition coefficient (Wildman–Crippen LogP) is 1.97. The summed E-state index contributed by atoms with van der Waals surface area (Å²) in [6, 6.07) is 5.60. The van der Waals surface area contributed by atoms with Crippen LogP contribution in [0.25, 0.3) is 10.9 Å². The van der Waals surface area contributed by atoms with E-state index in [-0.39, 0.29) is 17.9 Å². The number of rotatable bonds is 6. The Morgan fingerprint density at radius 2 is 2.29 bits per heavy atom. The first kappa shape index (κ1) is 14.4. The molecule has 1 heterocycles. The smallest absolute Gasteiger partial charge is 0.221 e. The fraction of sp³-hybridized carbons (Fsp3) is 0.467. The first-order valence-corrected chi connectivity index (χ1v) is 7.48. The maximum atomic E-state index is 11.9. The van der Waals surface area contributed by atoms with Crippen LogP contribution in [0.15, 0.2) is 24.4 Å². The van der Waals surface area contributed by atoms with Crippen molar-refractivity contribution < 1.29 is 9.90 Å². The van der Waals surface area contributed by atoms with Crippen molar-refractivity contribution in [2.24, 2.45) is 5.41 Å². The van der Waals surface area contributed by atoms with E-state index in [1.807, 2.05) is 18.2 Å². The molecule has 0 saturated heterocycles. The molecular formula is C15H18ClN3O2. The van der Waals surface area contributed by atoms with Gasteiger partial charge in [-0.1, -0.05) is 11.6 Å². The highest BCUT2D eigenvalue weighted by molar-refractivity contribution is 6.31. The summed E-state index contributed by atoms with van der Waals surface area (Å²) in [5, 5.41) is 18.1. The monoisotopic (exact) mass is 307 g/mol. The number of aromatic nitrogens is 2. The largest absolute Gasteiger partial charge is 0.396 e. The highest BCUT2D eigenvalue weighted by Crippen LogP contribution is 2.44. The summed E-state index contributed by atoms with van der Waals surface area (Å²) in [7, 11) is 0. The molecule has 1 aliphatic carbocycles. The molecule has 1 aliphatic rings. The Kier molecular flexibility index (Phi) is 3.87. The molecule has 0 unspecified atom stereocenters. The van der Waals surface area contributed by atoms with E-state index in [0.717, 1.165) is 23.7 Å². The van der Waals surface area contributed by atoms with E-state index in [9.17, 15) is 9.90 Å². The zero-order chi connectivity index (χ0) is 14.9.